The number of nitrogens with one attached hydrogen (secondary N) is 1. The number of ether oxygens (including phenoxy) is 1. The summed E-state index contributed by atoms with van der Waals surface area (Å²) in [5.41, 5.74) is 0. The lowest BCUT2D eigenvalue weighted by Crippen LogP contribution is -2.35. The molecule has 0 aromatic carbocycles. The fourth-order valence-electron chi connectivity index (χ4n) is 1.61. The van der Waals surface area contributed by atoms with Crippen molar-refractivity contribution in [3.63, 3.8) is 0 Å². The number of carbonyl (C=O) groups excluding carboxylic acids is 1. The monoisotopic (exact) mass is 215 g/mol. The van der Waals surface area contributed by atoms with Crippen molar-refractivity contribution < 1.29 is 19.4 Å². The van der Waals surface area contributed by atoms with Gasteiger partial charge in [0.1, 0.15) is 6.10 Å². The van der Waals surface area contributed by atoms with Crippen LogP contribution >= 0.6 is 0 Å². The van der Waals surface area contributed by atoms with Gasteiger partial charge in [0.15, 0.2) is 0 Å². The second kappa shape index (κ2) is 5.70. The van der Waals surface area contributed by atoms with Crippen molar-refractivity contribution in [2.75, 3.05) is 6.54 Å². The van der Waals surface area contributed by atoms with Crippen LogP contribution in [0.1, 0.15) is 32.6 Å². The molecule has 2 N–H and O–H groups in total. The average Bonchev–Trinajstić information content (AvgIpc) is 2.65. The third-order valence-corrected chi connectivity index (χ3v) is 2.49. The molecule has 2 unspecified atom stereocenters. The summed E-state index contributed by atoms with van der Waals surface area (Å²) in [6.45, 7) is 2.19. The third-order valence-electron chi connectivity index (χ3n) is 2.49. The van der Waals surface area contributed by atoms with Crippen LogP contribution in [-0.2, 0) is 14.3 Å². The Bertz CT molecular complexity index is 242. The Morgan fingerprint density at radius 1 is 1.47 bits per heavy atom. The van der Waals surface area contributed by atoms with Gasteiger partial charge >= 0.3 is 5.97 Å². The van der Waals surface area contributed by atoms with Crippen molar-refractivity contribution in [3.8, 4) is 0 Å². The van der Waals surface area contributed by atoms with Gasteiger partial charge in [-0.3, -0.25) is 9.59 Å². The minimum absolute atomic E-state index is 0.0460. The first-order chi connectivity index (χ1) is 7.13. The predicted molar refractivity (Wildman–Crippen MR) is 53.4 cm³/mol. The summed E-state index contributed by atoms with van der Waals surface area (Å²) in [5.74, 6) is -1.10. The van der Waals surface area contributed by atoms with E-state index in [1.54, 1.807) is 0 Å². The summed E-state index contributed by atoms with van der Waals surface area (Å²) in [4.78, 5) is 21.7. The molecule has 5 heteroatoms. The van der Waals surface area contributed by atoms with Crippen molar-refractivity contribution in [3.05, 3.63) is 0 Å². The number of amides is 1. The van der Waals surface area contributed by atoms with Crippen LogP contribution in [0, 0.1) is 0 Å². The first-order valence-electron chi connectivity index (χ1n) is 5.28. The van der Waals surface area contributed by atoms with E-state index in [-0.39, 0.29) is 31.1 Å². The van der Waals surface area contributed by atoms with Crippen LogP contribution in [0.5, 0.6) is 0 Å². The van der Waals surface area contributed by atoms with Crippen LogP contribution in [0.4, 0.5) is 0 Å². The van der Waals surface area contributed by atoms with Gasteiger partial charge in [0.05, 0.1) is 12.5 Å². The summed E-state index contributed by atoms with van der Waals surface area (Å²) in [6, 6.07) is 0. The molecule has 2 atom stereocenters. The zero-order chi connectivity index (χ0) is 11.3. The normalized spacial score (nSPS) is 25.1. The van der Waals surface area contributed by atoms with Gasteiger partial charge in [0.25, 0.3) is 0 Å². The molecule has 0 saturated carbocycles. The molecule has 0 bridgehead atoms. The second-order valence-electron chi connectivity index (χ2n) is 3.67. The number of aliphatic carboxylic acids is 1. The Morgan fingerprint density at radius 2 is 2.20 bits per heavy atom. The van der Waals surface area contributed by atoms with Crippen molar-refractivity contribution in [1.82, 2.24) is 5.32 Å². The highest BCUT2D eigenvalue weighted by atomic mass is 16.5. The Morgan fingerprint density at radius 3 is 2.73 bits per heavy atom. The molecule has 0 spiro atoms. The third kappa shape index (κ3) is 3.87. The Labute approximate surface area is 88.8 Å². The van der Waals surface area contributed by atoms with Gasteiger partial charge in [-0.2, -0.15) is 0 Å². The van der Waals surface area contributed by atoms with Crippen molar-refractivity contribution >= 4 is 11.9 Å². The second-order valence-corrected chi connectivity index (χ2v) is 3.67. The lowest BCUT2D eigenvalue weighted by molar-refractivity contribution is -0.137. The number of carboxylic acid groups (broad SMARTS) is 1. The predicted octanol–water partition coefficient (Wildman–Crippen LogP) is 0.535. The van der Waals surface area contributed by atoms with Crippen LogP contribution in [0.15, 0.2) is 0 Å². The Balaban J connectivity index is 2.20. The van der Waals surface area contributed by atoms with Crippen molar-refractivity contribution in [1.29, 1.82) is 0 Å². The summed E-state index contributed by atoms with van der Waals surface area (Å²) < 4.78 is 5.47. The highest BCUT2D eigenvalue weighted by Crippen LogP contribution is 2.21. The first-order valence-corrected chi connectivity index (χ1v) is 5.28. The maximum atomic E-state index is 11.5. The van der Waals surface area contributed by atoms with E-state index >= 15 is 0 Å². The van der Waals surface area contributed by atoms with E-state index in [4.69, 9.17) is 9.84 Å². The van der Waals surface area contributed by atoms with E-state index in [1.165, 1.54) is 0 Å². The highest BCUT2D eigenvalue weighted by Gasteiger charge is 2.29. The van der Waals surface area contributed by atoms with Crippen LogP contribution in [-0.4, -0.2) is 35.7 Å². The molecule has 1 aliphatic heterocycles. The molecular weight excluding hydrogens is 198 g/mol. The largest absolute Gasteiger partial charge is 0.481 e. The number of hydrogen-bond acceptors (Lipinski definition) is 3. The van der Waals surface area contributed by atoms with Crippen LogP contribution in [0.25, 0.3) is 0 Å². The van der Waals surface area contributed by atoms with Gasteiger partial charge in [0, 0.05) is 6.54 Å². The van der Waals surface area contributed by atoms with Gasteiger partial charge in [-0.1, -0.05) is 6.92 Å². The van der Waals surface area contributed by atoms with Gasteiger partial charge in [0.2, 0.25) is 5.91 Å². The molecule has 1 fully saturated rings. The molecule has 86 valence electrons. The zero-order valence-corrected chi connectivity index (χ0v) is 8.86. The molecule has 0 aliphatic carbocycles. The SMILES string of the molecule is CCC1CCC(C(=O)NCCC(=O)O)O1. The maximum Gasteiger partial charge on any atom is 0.305 e. The first kappa shape index (κ1) is 12.0. The molecule has 15 heavy (non-hydrogen) atoms. The van der Waals surface area contributed by atoms with Crippen molar-refractivity contribution in [2.45, 2.75) is 44.8 Å². The summed E-state index contributed by atoms with van der Waals surface area (Å²) in [5, 5.41) is 10.9. The standard InChI is InChI=1S/C10H17NO4/c1-2-7-3-4-8(15-7)10(14)11-6-5-9(12)13/h7-8H,2-6H2,1H3,(H,11,14)(H,12,13). The summed E-state index contributed by atoms with van der Waals surface area (Å²) >= 11 is 0. The number of carbonyl (C=O) groups is 2. The fraction of sp³-hybridized carbons (Fsp3) is 0.800. The molecule has 0 aromatic rings. The van der Waals surface area contributed by atoms with E-state index in [1.807, 2.05) is 6.92 Å². The minimum atomic E-state index is -0.908. The summed E-state index contributed by atoms with van der Waals surface area (Å²) in [7, 11) is 0. The topological polar surface area (TPSA) is 75.6 Å². The molecular formula is C10H17NO4. The molecule has 1 rings (SSSR count). The Kier molecular flexibility index (Phi) is 4.55. The van der Waals surface area contributed by atoms with Gasteiger partial charge < -0.3 is 15.2 Å². The van der Waals surface area contributed by atoms with E-state index in [0.717, 1.165) is 19.3 Å². The molecule has 5 nitrogen and oxygen atoms in total. The smallest absolute Gasteiger partial charge is 0.305 e. The molecule has 1 aliphatic rings. The van der Waals surface area contributed by atoms with Crippen LogP contribution < -0.4 is 5.32 Å². The highest BCUT2D eigenvalue weighted by molar-refractivity contribution is 5.81. The number of carboxylic acids is 1. The maximum absolute atomic E-state index is 11.5. The lowest BCUT2D eigenvalue weighted by Gasteiger charge is -2.11. The fourth-order valence-corrected chi connectivity index (χ4v) is 1.61. The lowest BCUT2D eigenvalue weighted by atomic mass is 10.1. The van der Waals surface area contributed by atoms with Gasteiger partial charge in [-0.05, 0) is 19.3 Å². The minimum Gasteiger partial charge on any atom is -0.481 e. The molecule has 1 amide bonds. The number of hydrogen-bond donors (Lipinski definition) is 2. The van der Waals surface area contributed by atoms with Gasteiger partial charge in [-0.15, -0.1) is 0 Å². The summed E-state index contributed by atoms with van der Waals surface area (Å²) in [6.07, 6.45) is 2.31. The van der Waals surface area contributed by atoms with Crippen molar-refractivity contribution in [2.24, 2.45) is 0 Å². The molecule has 1 heterocycles. The van der Waals surface area contributed by atoms with Gasteiger partial charge in [-0.25, -0.2) is 0 Å². The molecule has 0 aromatic heterocycles. The molecule has 0 radical (unpaired) electrons. The van der Waals surface area contributed by atoms with Crippen LogP contribution in [0.3, 0.4) is 0 Å². The Hall–Kier alpha value is -1.10. The zero-order valence-electron chi connectivity index (χ0n) is 8.86. The van der Waals surface area contributed by atoms with E-state index < -0.39 is 5.97 Å². The van der Waals surface area contributed by atoms with E-state index in [0.29, 0.717) is 0 Å². The quantitative estimate of drug-likeness (QED) is 0.701. The molecule has 1 saturated heterocycles. The van der Waals surface area contributed by atoms with Crippen LogP contribution in [0.2, 0.25) is 0 Å². The van der Waals surface area contributed by atoms with E-state index in [9.17, 15) is 9.59 Å². The van der Waals surface area contributed by atoms with E-state index in [2.05, 4.69) is 5.32 Å². The number of rotatable bonds is 5. The average molecular weight is 215 g/mol.